The zero-order valence-corrected chi connectivity index (χ0v) is 19.9. The summed E-state index contributed by atoms with van der Waals surface area (Å²) in [4.78, 5) is 5.02. The molecule has 6 rings (SSSR count). The van der Waals surface area contributed by atoms with Crippen molar-refractivity contribution >= 4 is 21.9 Å². The lowest BCUT2D eigenvalue weighted by Gasteiger charge is -2.33. The summed E-state index contributed by atoms with van der Waals surface area (Å²) in [6.07, 6.45) is 4.06. The molecule has 3 aromatic heterocycles. The highest BCUT2D eigenvalue weighted by Crippen LogP contribution is 2.41. The number of ether oxygens (including phenoxy) is 1. The van der Waals surface area contributed by atoms with E-state index in [9.17, 15) is 0 Å². The molecule has 1 fully saturated rings. The van der Waals surface area contributed by atoms with Gasteiger partial charge in [0, 0.05) is 37.4 Å². The fraction of sp³-hybridized carbons (Fsp3) is 0.321. The van der Waals surface area contributed by atoms with Crippen LogP contribution in [-0.2, 0) is 11.8 Å². The van der Waals surface area contributed by atoms with Gasteiger partial charge in [-0.25, -0.2) is 4.68 Å². The second kappa shape index (κ2) is 8.37. The van der Waals surface area contributed by atoms with Crippen molar-refractivity contribution in [1.82, 2.24) is 24.5 Å². The summed E-state index contributed by atoms with van der Waals surface area (Å²) in [7, 11) is 1.94. The third-order valence-corrected chi connectivity index (χ3v) is 7.26. The molecule has 0 bridgehead atoms. The Hall–Kier alpha value is -3.51. The van der Waals surface area contributed by atoms with Crippen LogP contribution in [-0.4, -0.2) is 37.8 Å². The highest BCUT2D eigenvalue weighted by atomic mass is 16.5. The van der Waals surface area contributed by atoms with Gasteiger partial charge in [-0.1, -0.05) is 53.7 Å². The average Bonchev–Trinajstić information content (AvgIpc) is 3.38. The largest absolute Gasteiger partial charge is 0.381 e. The number of aryl methyl sites for hydroxylation is 3. The van der Waals surface area contributed by atoms with E-state index >= 15 is 0 Å². The van der Waals surface area contributed by atoms with Crippen molar-refractivity contribution < 1.29 is 4.74 Å². The van der Waals surface area contributed by atoms with E-state index in [-0.39, 0.29) is 6.04 Å². The van der Waals surface area contributed by atoms with Crippen molar-refractivity contribution in [2.75, 3.05) is 13.2 Å². The normalized spacial score (nSPS) is 15.9. The van der Waals surface area contributed by atoms with Crippen molar-refractivity contribution in [1.29, 1.82) is 0 Å². The fourth-order valence-electron chi connectivity index (χ4n) is 5.72. The first-order chi connectivity index (χ1) is 16.6. The summed E-state index contributed by atoms with van der Waals surface area (Å²) in [5, 5.41) is 9.70. The minimum absolute atomic E-state index is 0.203. The maximum absolute atomic E-state index is 5.76. The number of aromatic nitrogens is 5. The number of para-hydroxylation sites is 1. The van der Waals surface area contributed by atoms with Crippen LogP contribution >= 0.6 is 0 Å². The average molecular weight is 452 g/mol. The van der Waals surface area contributed by atoms with E-state index in [0.29, 0.717) is 5.92 Å². The summed E-state index contributed by atoms with van der Waals surface area (Å²) >= 11 is 0. The van der Waals surface area contributed by atoms with E-state index in [1.165, 1.54) is 22.0 Å². The monoisotopic (exact) mass is 451 g/mol. The first-order valence-electron chi connectivity index (χ1n) is 12.0. The maximum Gasteiger partial charge on any atom is 0.0960 e. The van der Waals surface area contributed by atoms with Crippen LogP contribution in [0.5, 0.6) is 0 Å². The second-order valence-corrected chi connectivity index (χ2v) is 9.39. The van der Waals surface area contributed by atoms with Gasteiger partial charge >= 0.3 is 0 Å². The Morgan fingerprint density at radius 1 is 1.00 bits per heavy atom. The summed E-state index contributed by atoms with van der Waals surface area (Å²) < 4.78 is 10.2. The molecule has 0 radical (unpaired) electrons. The molecule has 34 heavy (non-hydrogen) atoms. The quantitative estimate of drug-likeness (QED) is 0.356. The topological polar surface area (TPSA) is 57.8 Å². The lowest BCUT2D eigenvalue weighted by Crippen LogP contribution is -2.27. The third kappa shape index (κ3) is 3.32. The van der Waals surface area contributed by atoms with E-state index in [1.54, 1.807) is 0 Å². The van der Waals surface area contributed by atoms with Crippen molar-refractivity contribution in [2.24, 2.45) is 13.0 Å². The number of rotatable bonds is 4. The van der Waals surface area contributed by atoms with Gasteiger partial charge in [0.05, 0.1) is 34.0 Å². The van der Waals surface area contributed by atoms with Gasteiger partial charge in [-0.2, -0.15) is 0 Å². The first kappa shape index (κ1) is 21.1. The van der Waals surface area contributed by atoms with Gasteiger partial charge < -0.3 is 9.30 Å². The standard InChI is InChI=1S/C28H29N5O/c1-18-8-7-11-23-25-24(16-22(17-29-25)27-19(2)30-31-32(27)3)33(26(18)23)28(20-9-5-4-6-10-20)21-12-14-34-15-13-21/h4-11,16-17,21,28H,12-15H2,1-3H3/t28-/m1/s1. The number of fused-ring (bicyclic) bond motifs is 3. The molecule has 0 amide bonds. The van der Waals surface area contributed by atoms with Crippen LogP contribution in [0.3, 0.4) is 0 Å². The molecule has 0 aliphatic carbocycles. The minimum atomic E-state index is 0.203. The highest BCUT2D eigenvalue weighted by molar-refractivity contribution is 6.07. The van der Waals surface area contributed by atoms with E-state index < -0.39 is 0 Å². The van der Waals surface area contributed by atoms with Crippen LogP contribution in [0.4, 0.5) is 0 Å². The summed E-state index contributed by atoms with van der Waals surface area (Å²) in [6.45, 7) is 5.84. The van der Waals surface area contributed by atoms with Crippen LogP contribution in [0.25, 0.3) is 33.2 Å². The molecule has 0 N–H and O–H groups in total. The Morgan fingerprint density at radius 2 is 1.79 bits per heavy atom. The highest BCUT2D eigenvalue weighted by Gasteiger charge is 2.30. The number of hydrogen-bond donors (Lipinski definition) is 0. The SMILES string of the molecule is Cc1nnn(C)c1-c1cnc2c3cccc(C)c3n([C@H](c3ccccc3)C3CCOCC3)c2c1. The van der Waals surface area contributed by atoms with Crippen molar-refractivity contribution in [2.45, 2.75) is 32.7 Å². The predicted molar refractivity (Wildman–Crippen MR) is 135 cm³/mol. The molecule has 0 spiro atoms. The van der Waals surface area contributed by atoms with Gasteiger partial charge in [0.2, 0.25) is 0 Å². The van der Waals surface area contributed by atoms with Crippen molar-refractivity contribution in [3.05, 3.63) is 77.6 Å². The Bertz CT molecular complexity index is 1460. The number of benzene rings is 2. The molecule has 1 saturated heterocycles. The first-order valence-corrected chi connectivity index (χ1v) is 12.0. The van der Waals surface area contributed by atoms with Gasteiger partial charge in [0.15, 0.2) is 0 Å². The Labute approximate surface area is 199 Å². The summed E-state index contributed by atoms with van der Waals surface area (Å²) in [6, 6.07) is 20.0. The molecule has 0 saturated carbocycles. The lowest BCUT2D eigenvalue weighted by atomic mass is 9.86. The lowest BCUT2D eigenvalue weighted by molar-refractivity contribution is 0.0552. The van der Waals surface area contributed by atoms with Gasteiger partial charge in [0.25, 0.3) is 0 Å². The Morgan fingerprint density at radius 3 is 2.53 bits per heavy atom. The Kier molecular flexibility index (Phi) is 5.18. The summed E-state index contributed by atoms with van der Waals surface area (Å²) in [5.41, 5.74) is 9.02. The molecule has 0 unspecified atom stereocenters. The van der Waals surface area contributed by atoms with E-state index in [2.05, 4.69) is 76.4 Å². The predicted octanol–water partition coefficient (Wildman–Crippen LogP) is 5.62. The second-order valence-electron chi connectivity index (χ2n) is 9.39. The van der Waals surface area contributed by atoms with Gasteiger partial charge in [0.1, 0.15) is 0 Å². The molecule has 1 atom stereocenters. The molecule has 5 aromatic rings. The van der Waals surface area contributed by atoms with E-state index in [0.717, 1.165) is 54.0 Å². The minimum Gasteiger partial charge on any atom is -0.381 e. The van der Waals surface area contributed by atoms with Gasteiger partial charge in [-0.05, 0) is 49.8 Å². The number of nitrogens with zero attached hydrogens (tertiary/aromatic N) is 5. The van der Waals surface area contributed by atoms with Crippen LogP contribution in [0.2, 0.25) is 0 Å². The van der Waals surface area contributed by atoms with Crippen LogP contribution in [0, 0.1) is 19.8 Å². The van der Waals surface area contributed by atoms with Crippen molar-refractivity contribution in [3.63, 3.8) is 0 Å². The molecule has 172 valence electrons. The fourth-order valence-corrected chi connectivity index (χ4v) is 5.72. The molecule has 1 aliphatic rings. The molecule has 6 nitrogen and oxygen atoms in total. The van der Waals surface area contributed by atoms with Gasteiger partial charge in [-0.15, -0.1) is 5.10 Å². The molecule has 6 heteroatoms. The third-order valence-electron chi connectivity index (χ3n) is 7.26. The number of pyridine rings is 1. The van der Waals surface area contributed by atoms with Crippen molar-refractivity contribution in [3.8, 4) is 11.3 Å². The van der Waals surface area contributed by atoms with Crippen LogP contribution < -0.4 is 0 Å². The summed E-state index contributed by atoms with van der Waals surface area (Å²) in [5.74, 6) is 0.485. The Balaban J connectivity index is 1.69. The zero-order chi connectivity index (χ0) is 23.2. The van der Waals surface area contributed by atoms with Crippen LogP contribution in [0.15, 0.2) is 60.8 Å². The van der Waals surface area contributed by atoms with E-state index in [1.807, 2.05) is 24.9 Å². The molecule has 4 heterocycles. The maximum atomic E-state index is 5.76. The molecule has 2 aromatic carbocycles. The van der Waals surface area contributed by atoms with Crippen LogP contribution in [0.1, 0.15) is 35.7 Å². The molecule has 1 aliphatic heterocycles. The smallest absolute Gasteiger partial charge is 0.0960 e. The van der Waals surface area contributed by atoms with E-state index in [4.69, 9.17) is 9.72 Å². The molecular weight excluding hydrogens is 422 g/mol. The zero-order valence-electron chi connectivity index (χ0n) is 19.9. The van der Waals surface area contributed by atoms with Gasteiger partial charge in [-0.3, -0.25) is 4.98 Å². The number of hydrogen-bond acceptors (Lipinski definition) is 4. The molecular formula is C28H29N5O.